The largest absolute Gasteiger partial charge is 0.296 e. The number of aryl methyl sites for hydroxylation is 3. The van der Waals surface area contributed by atoms with E-state index in [0.717, 1.165) is 28.0 Å². The Bertz CT molecular complexity index is 1090. The van der Waals surface area contributed by atoms with Gasteiger partial charge in [-0.2, -0.15) is 8.42 Å². The van der Waals surface area contributed by atoms with E-state index in [0.29, 0.717) is 11.3 Å². The minimum atomic E-state index is -3.90. The number of hydrogen-bond acceptors (Lipinski definition) is 6. The van der Waals surface area contributed by atoms with Gasteiger partial charge in [0, 0.05) is 5.56 Å². The van der Waals surface area contributed by atoms with Crippen molar-refractivity contribution in [3.8, 4) is 0 Å². The van der Waals surface area contributed by atoms with Gasteiger partial charge in [-0.05, 0) is 44.0 Å². The molecule has 3 aromatic rings. The molecule has 3 rings (SSSR count). The van der Waals surface area contributed by atoms with Crippen LogP contribution in [-0.2, 0) is 10.0 Å². The van der Waals surface area contributed by atoms with Crippen molar-refractivity contribution in [3.63, 3.8) is 0 Å². The lowest BCUT2D eigenvalue weighted by atomic mass is 10.1. The lowest BCUT2D eigenvalue weighted by molar-refractivity contribution is 0.102. The molecule has 0 unspecified atom stereocenters. The highest BCUT2D eigenvalue weighted by Crippen LogP contribution is 2.26. The molecule has 0 saturated carbocycles. The molecular weight excluding hydrogens is 384 g/mol. The third kappa shape index (κ3) is 4.32. The first kappa shape index (κ1) is 19.0. The van der Waals surface area contributed by atoms with Crippen LogP contribution in [0, 0.1) is 20.8 Å². The van der Waals surface area contributed by atoms with E-state index in [2.05, 4.69) is 20.2 Å². The van der Waals surface area contributed by atoms with Crippen LogP contribution in [0.4, 0.5) is 10.8 Å². The number of rotatable bonds is 5. The van der Waals surface area contributed by atoms with Crippen molar-refractivity contribution in [3.05, 3.63) is 64.7 Å². The van der Waals surface area contributed by atoms with E-state index in [9.17, 15) is 13.2 Å². The zero-order chi connectivity index (χ0) is 19.6. The highest BCUT2D eigenvalue weighted by Gasteiger charge is 2.22. The van der Waals surface area contributed by atoms with Crippen molar-refractivity contribution >= 4 is 38.1 Å². The van der Waals surface area contributed by atoms with Gasteiger partial charge in [0.15, 0.2) is 0 Å². The predicted octanol–water partition coefficient (Wildman–Crippen LogP) is 3.52. The van der Waals surface area contributed by atoms with Crippen molar-refractivity contribution in [1.82, 2.24) is 10.2 Å². The third-order valence-electron chi connectivity index (χ3n) is 3.85. The predicted molar refractivity (Wildman–Crippen MR) is 106 cm³/mol. The molecule has 2 N–H and O–H groups in total. The SMILES string of the molecule is Cc1cccc(C(=O)Nc2nnc(S(=O)(=O)Nc3c(C)cccc3C)s2)c1. The molecule has 27 heavy (non-hydrogen) atoms. The minimum absolute atomic E-state index is 0.114. The molecule has 0 fully saturated rings. The monoisotopic (exact) mass is 402 g/mol. The molecule has 1 aromatic heterocycles. The summed E-state index contributed by atoms with van der Waals surface area (Å²) in [6, 6.07) is 12.5. The minimum Gasteiger partial charge on any atom is -0.296 e. The summed E-state index contributed by atoms with van der Waals surface area (Å²) < 4.78 is 27.5. The van der Waals surface area contributed by atoms with Crippen LogP contribution in [0.1, 0.15) is 27.0 Å². The van der Waals surface area contributed by atoms with Gasteiger partial charge < -0.3 is 0 Å². The number of para-hydroxylation sites is 1. The number of anilines is 2. The van der Waals surface area contributed by atoms with Gasteiger partial charge in [-0.25, -0.2) is 0 Å². The van der Waals surface area contributed by atoms with Crippen LogP contribution in [0.5, 0.6) is 0 Å². The normalized spacial score (nSPS) is 11.2. The van der Waals surface area contributed by atoms with E-state index in [1.807, 2.05) is 45.0 Å². The van der Waals surface area contributed by atoms with Gasteiger partial charge in [0.05, 0.1) is 5.69 Å². The topological polar surface area (TPSA) is 101 Å². The zero-order valence-electron chi connectivity index (χ0n) is 15.0. The number of nitrogens with one attached hydrogen (secondary N) is 2. The Kier molecular flexibility index (Phi) is 5.24. The average Bonchev–Trinajstić information content (AvgIpc) is 3.08. The molecule has 2 aromatic carbocycles. The van der Waals surface area contributed by atoms with Gasteiger partial charge in [-0.3, -0.25) is 14.8 Å². The molecule has 0 aliphatic heterocycles. The van der Waals surface area contributed by atoms with Crippen molar-refractivity contribution < 1.29 is 13.2 Å². The number of sulfonamides is 1. The second-order valence-corrected chi connectivity index (χ2v) is 8.90. The van der Waals surface area contributed by atoms with Crippen LogP contribution in [-0.4, -0.2) is 24.5 Å². The van der Waals surface area contributed by atoms with E-state index in [1.165, 1.54) is 0 Å². The summed E-state index contributed by atoms with van der Waals surface area (Å²) in [6.07, 6.45) is 0. The summed E-state index contributed by atoms with van der Waals surface area (Å²) in [7, 11) is -3.90. The Morgan fingerprint density at radius 1 is 1.00 bits per heavy atom. The second kappa shape index (κ2) is 7.45. The number of aromatic nitrogens is 2. The summed E-state index contributed by atoms with van der Waals surface area (Å²) in [4.78, 5) is 12.3. The Labute approximate surface area is 161 Å². The summed E-state index contributed by atoms with van der Waals surface area (Å²) in [5, 5.41) is 10.2. The molecule has 0 spiro atoms. The highest BCUT2D eigenvalue weighted by atomic mass is 32.2. The van der Waals surface area contributed by atoms with Gasteiger partial charge >= 0.3 is 0 Å². The zero-order valence-corrected chi connectivity index (χ0v) is 16.6. The molecule has 1 amide bonds. The van der Waals surface area contributed by atoms with Crippen molar-refractivity contribution in [2.24, 2.45) is 0 Å². The van der Waals surface area contributed by atoms with Crippen LogP contribution in [0.15, 0.2) is 46.8 Å². The number of hydrogen-bond donors (Lipinski definition) is 2. The summed E-state index contributed by atoms with van der Waals surface area (Å²) in [5.41, 5.74) is 3.52. The fourth-order valence-corrected chi connectivity index (χ4v) is 4.58. The quantitative estimate of drug-likeness (QED) is 0.636. The summed E-state index contributed by atoms with van der Waals surface area (Å²) in [6.45, 7) is 5.52. The fraction of sp³-hybridized carbons (Fsp3) is 0.167. The lowest BCUT2D eigenvalue weighted by Gasteiger charge is -2.11. The van der Waals surface area contributed by atoms with Crippen molar-refractivity contribution in [2.75, 3.05) is 10.0 Å². The molecule has 0 saturated heterocycles. The Hall–Kier alpha value is -2.78. The fourth-order valence-electron chi connectivity index (χ4n) is 2.48. The smallest absolute Gasteiger partial charge is 0.291 e. The molecule has 0 bridgehead atoms. The number of amides is 1. The average molecular weight is 403 g/mol. The van der Waals surface area contributed by atoms with E-state index in [-0.39, 0.29) is 15.4 Å². The molecule has 0 radical (unpaired) electrons. The number of nitrogens with zero attached hydrogens (tertiary/aromatic N) is 2. The Morgan fingerprint density at radius 3 is 2.33 bits per heavy atom. The van der Waals surface area contributed by atoms with Gasteiger partial charge in [0.25, 0.3) is 20.3 Å². The molecule has 0 atom stereocenters. The van der Waals surface area contributed by atoms with Crippen LogP contribution in [0.3, 0.4) is 0 Å². The summed E-state index contributed by atoms with van der Waals surface area (Å²) in [5.74, 6) is -0.374. The Morgan fingerprint density at radius 2 is 1.67 bits per heavy atom. The first-order chi connectivity index (χ1) is 12.8. The molecule has 0 aliphatic carbocycles. The number of carbonyl (C=O) groups excluding carboxylic acids is 1. The first-order valence-electron chi connectivity index (χ1n) is 8.07. The molecule has 9 heteroatoms. The molecule has 7 nitrogen and oxygen atoms in total. The number of carbonyl (C=O) groups is 1. The van der Waals surface area contributed by atoms with E-state index in [4.69, 9.17) is 0 Å². The van der Waals surface area contributed by atoms with Crippen LogP contribution >= 0.6 is 11.3 Å². The van der Waals surface area contributed by atoms with Gasteiger partial charge in [0.1, 0.15) is 0 Å². The van der Waals surface area contributed by atoms with Crippen LogP contribution < -0.4 is 10.0 Å². The maximum atomic E-state index is 12.6. The molecular formula is C18H18N4O3S2. The maximum absolute atomic E-state index is 12.6. The number of benzene rings is 2. The Balaban J connectivity index is 1.79. The van der Waals surface area contributed by atoms with Crippen molar-refractivity contribution in [1.29, 1.82) is 0 Å². The van der Waals surface area contributed by atoms with Gasteiger partial charge in [-0.15, -0.1) is 10.2 Å². The lowest BCUT2D eigenvalue weighted by Crippen LogP contribution is -2.14. The van der Waals surface area contributed by atoms with Crippen LogP contribution in [0.2, 0.25) is 0 Å². The second-order valence-electron chi connectivity index (χ2n) is 6.07. The van der Waals surface area contributed by atoms with Crippen LogP contribution in [0.25, 0.3) is 0 Å². The van der Waals surface area contributed by atoms with Gasteiger partial charge in [-0.1, -0.05) is 47.2 Å². The first-order valence-corrected chi connectivity index (χ1v) is 10.4. The maximum Gasteiger partial charge on any atom is 0.291 e. The van der Waals surface area contributed by atoms with E-state index < -0.39 is 10.0 Å². The van der Waals surface area contributed by atoms with E-state index in [1.54, 1.807) is 18.2 Å². The third-order valence-corrected chi connectivity index (χ3v) is 6.41. The molecule has 0 aliphatic rings. The van der Waals surface area contributed by atoms with E-state index >= 15 is 0 Å². The van der Waals surface area contributed by atoms with Crippen molar-refractivity contribution in [2.45, 2.75) is 25.1 Å². The molecule has 140 valence electrons. The standard InChI is InChI=1S/C18H18N4O3S2/c1-11-6-4-9-14(10-11)16(23)19-17-20-21-18(26-17)27(24,25)22-15-12(2)7-5-8-13(15)3/h4-10,22H,1-3H3,(H,19,20,23). The van der Waals surface area contributed by atoms with Gasteiger partial charge in [0.2, 0.25) is 5.13 Å². The summed E-state index contributed by atoms with van der Waals surface area (Å²) >= 11 is 0.793. The highest BCUT2D eigenvalue weighted by molar-refractivity contribution is 7.94. The molecule has 1 heterocycles.